The molecule has 20 heavy (non-hydrogen) atoms. The maximum Gasteiger partial charge on any atom is 0.239 e. The van der Waals surface area contributed by atoms with Crippen LogP contribution < -0.4 is 16.4 Å². The van der Waals surface area contributed by atoms with Crippen LogP contribution in [0.25, 0.3) is 0 Å². The Kier molecular flexibility index (Phi) is 6.46. The summed E-state index contributed by atoms with van der Waals surface area (Å²) < 4.78 is 0. The van der Waals surface area contributed by atoms with Crippen molar-refractivity contribution in [1.82, 2.24) is 10.6 Å². The van der Waals surface area contributed by atoms with Crippen LogP contribution in [0.3, 0.4) is 0 Å². The van der Waals surface area contributed by atoms with Gasteiger partial charge in [-0.3, -0.25) is 9.59 Å². The Labute approximate surface area is 122 Å². The summed E-state index contributed by atoms with van der Waals surface area (Å²) in [5.74, 6) is 0.950. The summed E-state index contributed by atoms with van der Waals surface area (Å²) in [6.45, 7) is 8.98. The highest BCUT2D eigenvalue weighted by Crippen LogP contribution is 2.32. The van der Waals surface area contributed by atoms with Gasteiger partial charge in [0.15, 0.2) is 0 Å². The summed E-state index contributed by atoms with van der Waals surface area (Å²) in [5.41, 5.74) is 6.05. The van der Waals surface area contributed by atoms with Crippen molar-refractivity contribution in [3.63, 3.8) is 0 Å². The quantitative estimate of drug-likeness (QED) is 0.700. The standard InChI is InChI=1S/C15H29N3O2/c1-9(2)7-17-14(19)8-18-15(20)12-6-13(16)11(4)5-10(12)3/h9-13H,5-8,16H2,1-4H3,(H,17,19)(H,18,20). The van der Waals surface area contributed by atoms with E-state index in [4.69, 9.17) is 5.73 Å². The number of hydrogen-bond acceptors (Lipinski definition) is 3. The summed E-state index contributed by atoms with van der Waals surface area (Å²) >= 11 is 0. The van der Waals surface area contributed by atoms with Gasteiger partial charge in [0.25, 0.3) is 0 Å². The smallest absolute Gasteiger partial charge is 0.239 e. The van der Waals surface area contributed by atoms with E-state index in [0.29, 0.717) is 30.7 Å². The van der Waals surface area contributed by atoms with Gasteiger partial charge in [-0.2, -0.15) is 0 Å². The molecule has 0 radical (unpaired) electrons. The van der Waals surface area contributed by atoms with Crippen LogP contribution in [0.2, 0.25) is 0 Å². The molecule has 1 aliphatic carbocycles. The van der Waals surface area contributed by atoms with Gasteiger partial charge in [0.2, 0.25) is 11.8 Å². The molecule has 0 spiro atoms. The Hall–Kier alpha value is -1.10. The lowest BCUT2D eigenvalue weighted by Gasteiger charge is -2.36. The monoisotopic (exact) mass is 283 g/mol. The van der Waals surface area contributed by atoms with E-state index in [-0.39, 0.29) is 30.3 Å². The average molecular weight is 283 g/mol. The molecule has 2 amide bonds. The first-order valence-corrected chi connectivity index (χ1v) is 7.61. The molecule has 1 aliphatic rings. The fourth-order valence-electron chi connectivity index (χ4n) is 2.73. The minimum atomic E-state index is -0.131. The second-order valence-corrected chi connectivity index (χ2v) is 6.61. The molecule has 0 heterocycles. The molecule has 0 bridgehead atoms. The highest BCUT2D eigenvalue weighted by molar-refractivity contribution is 5.86. The summed E-state index contributed by atoms with van der Waals surface area (Å²) in [7, 11) is 0. The number of rotatable bonds is 5. The molecule has 5 heteroatoms. The maximum absolute atomic E-state index is 12.2. The molecule has 1 saturated carbocycles. The Balaban J connectivity index is 2.37. The van der Waals surface area contributed by atoms with E-state index in [1.54, 1.807) is 0 Å². The highest BCUT2D eigenvalue weighted by Gasteiger charge is 2.34. The van der Waals surface area contributed by atoms with Crippen molar-refractivity contribution in [1.29, 1.82) is 0 Å². The molecule has 0 aromatic carbocycles. The van der Waals surface area contributed by atoms with Crippen molar-refractivity contribution in [3.05, 3.63) is 0 Å². The van der Waals surface area contributed by atoms with Crippen LogP contribution in [0.4, 0.5) is 0 Å². The van der Waals surface area contributed by atoms with Gasteiger partial charge in [-0.25, -0.2) is 0 Å². The molecule has 4 unspecified atom stereocenters. The Morgan fingerprint density at radius 2 is 1.80 bits per heavy atom. The summed E-state index contributed by atoms with van der Waals surface area (Å²) in [4.78, 5) is 23.7. The van der Waals surface area contributed by atoms with Gasteiger partial charge in [0.1, 0.15) is 0 Å². The predicted octanol–water partition coefficient (Wildman–Crippen LogP) is 0.884. The van der Waals surface area contributed by atoms with Gasteiger partial charge in [-0.15, -0.1) is 0 Å². The topological polar surface area (TPSA) is 84.2 Å². The zero-order chi connectivity index (χ0) is 15.3. The van der Waals surface area contributed by atoms with E-state index < -0.39 is 0 Å². The summed E-state index contributed by atoms with van der Waals surface area (Å²) in [6.07, 6.45) is 1.68. The zero-order valence-electron chi connectivity index (χ0n) is 13.1. The molecule has 0 aromatic heterocycles. The van der Waals surface area contributed by atoms with Crippen LogP contribution in [0.1, 0.15) is 40.5 Å². The van der Waals surface area contributed by atoms with E-state index in [9.17, 15) is 9.59 Å². The molecule has 4 atom stereocenters. The number of nitrogens with one attached hydrogen (secondary N) is 2. The van der Waals surface area contributed by atoms with E-state index in [1.165, 1.54) is 0 Å². The fourth-order valence-corrected chi connectivity index (χ4v) is 2.73. The molecule has 1 fully saturated rings. The number of nitrogens with two attached hydrogens (primary N) is 1. The third kappa shape index (κ3) is 5.12. The number of amides is 2. The molecule has 0 saturated heterocycles. The van der Waals surface area contributed by atoms with Gasteiger partial charge in [-0.05, 0) is 30.6 Å². The first-order valence-electron chi connectivity index (χ1n) is 7.61. The average Bonchev–Trinajstić information content (AvgIpc) is 2.37. The van der Waals surface area contributed by atoms with E-state index in [2.05, 4.69) is 24.5 Å². The van der Waals surface area contributed by atoms with Crippen molar-refractivity contribution in [2.45, 2.75) is 46.6 Å². The minimum Gasteiger partial charge on any atom is -0.354 e. The Morgan fingerprint density at radius 1 is 1.15 bits per heavy atom. The molecule has 116 valence electrons. The lowest BCUT2D eigenvalue weighted by molar-refractivity contribution is -0.131. The predicted molar refractivity (Wildman–Crippen MR) is 79.9 cm³/mol. The first-order chi connectivity index (χ1) is 9.31. The highest BCUT2D eigenvalue weighted by atomic mass is 16.2. The van der Waals surface area contributed by atoms with Crippen molar-refractivity contribution in [2.75, 3.05) is 13.1 Å². The fraction of sp³-hybridized carbons (Fsp3) is 0.867. The van der Waals surface area contributed by atoms with Crippen LogP contribution in [0.5, 0.6) is 0 Å². The number of carbonyl (C=O) groups is 2. The van der Waals surface area contributed by atoms with Gasteiger partial charge < -0.3 is 16.4 Å². The minimum absolute atomic E-state index is 0.0421. The Bertz CT molecular complexity index is 344. The lowest BCUT2D eigenvalue weighted by Crippen LogP contribution is -2.47. The van der Waals surface area contributed by atoms with Crippen LogP contribution in [-0.2, 0) is 9.59 Å². The molecule has 4 N–H and O–H groups in total. The van der Waals surface area contributed by atoms with Crippen molar-refractivity contribution < 1.29 is 9.59 Å². The van der Waals surface area contributed by atoms with E-state index >= 15 is 0 Å². The van der Waals surface area contributed by atoms with E-state index in [0.717, 1.165) is 6.42 Å². The summed E-state index contributed by atoms with van der Waals surface area (Å²) in [6, 6.07) is 0.0803. The zero-order valence-corrected chi connectivity index (χ0v) is 13.1. The second kappa shape index (κ2) is 7.62. The SMILES string of the molecule is CC(C)CNC(=O)CNC(=O)C1CC(N)C(C)CC1C. The molecule has 1 rings (SSSR count). The van der Waals surface area contributed by atoms with E-state index in [1.807, 2.05) is 13.8 Å². The maximum atomic E-state index is 12.2. The van der Waals surface area contributed by atoms with Crippen LogP contribution in [-0.4, -0.2) is 30.9 Å². The van der Waals surface area contributed by atoms with Gasteiger partial charge >= 0.3 is 0 Å². The van der Waals surface area contributed by atoms with Crippen molar-refractivity contribution in [2.24, 2.45) is 29.4 Å². The molecule has 0 aromatic rings. The third-order valence-electron chi connectivity index (χ3n) is 4.15. The third-order valence-corrected chi connectivity index (χ3v) is 4.15. The summed E-state index contributed by atoms with van der Waals surface area (Å²) in [5, 5.41) is 5.52. The van der Waals surface area contributed by atoms with Crippen molar-refractivity contribution in [3.8, 4) is 0 Å². The molecular formula is C15H29N3O2. The van der Waals surface area contributed by atoms with Gasteiger partial charge in [0, 0.05) is 18.5 Å². The molecule has 5 nitrogen and oxygen atoms in total. The number of carbonyl (C=O) groups excluding carboxylic acids is 2. The molecular weight excluding hydrogens is 254 g/mol. The first kappa shape index (κ1) is 17.0. The largest absolute Gasteiger partial charge is 0.354 e. The van der Waals surface area contributed by atoms with Gasteiger partial charge in [0.05, 0.1) is 6.54 Å². The van der Waals surface area contributed by atoms with Crippen LogP contribution in [0.15, 0.2) is 0 Å². The van der Waals surface area contributed by atoms with Crippen molar-refractivity contribution >= 4 is 11.8 Å². The number of hydrogen-bond donors (Lipinski definition) is 3. The van der Waals surface area contributed by atoms with Crippen LogP contribution in [0, 0.1) is 23.7 Å². The molecule has 0 aliphatic heterocycles. The van der Waals surface area contributed by atoms with Gasteiger partial charge in [-0.1, -0.05) is 27.7 Å². The normalized spacial score (nSPS) is 30.1. The Morgan fingerprint density at radius 3 is 2.40 bits per heavy atom. The second-order valence-electron chi connectivity index (χ2n) is 6.61. The van der Waals surface area contributed by atoms with Crippen LogP contribution >= 0.6 is 0 Å². The lowest BCUT2D eigenvalue weighted by atomic mass is 9.72.